The van der Waals surface area contributed by atoms with E-state index in [9.17, 15) is 9.59 Å². The molecule has 33 heavy (non-hydrogen) atoms. The zero-order chi connectivity index (χ0) is 23.4. The van der Waals surface area contributed by atoms with Gasteiger partial charge in [-0.05, 0) is 37.8 Å². The number of aryl methyl sites for hydroxylation is 1. The standard InChI is InChI=1S/C25H30N4O4/c1-16(2)12-23(27-24(30)22-9-8-18-6-4-5-7-21(18)26-22)25(31)29-11-10-20(14-29)32-15-19-13-17(3)33-28-19/h4-9,13,16,20,23H,10-12,14-15H2,1-3H3,(H,27,30)/t20?,23-/m0/s1. The smallest absolute Gasteiger partial charge is 0.270 e. The number of rotatable bonds is 8. The first kappa shape index (κ1) is 22.9. The van der Waals surface area contributed by atoms with Gasteiger partial charge in [0, 0.05) is 24.5 Å². The number of carbonyl (C=O) groups excluding carboxylic acids is 2. The van der Waals surface area contributed by atoms with E-state index in [-0.39, 0.29) is 23.8 Å². The summed E-state index contributed by atoms with van der Waals surface area (Å²) in [6, 6.07) is 12.4. The van der Waals surface area contributed by atoms with Gasteiger partial charge in [0.05, 0.1) is 18.2 Å². The quantitative estimate of drug-likeness (QED) is 0.564. The lowest BCUT2D eigenvalue weighted by molar-refractivity contribution is -0.133. The summed E-state index contributed by atoms with van der Waals surface area (Å²) < 4.78 is 11.0. The summed E-state index contributed by atoms with van der Waals surface area (Å²) in [5, 5.41) is 7.83. The van der Waals surface area contributed by atoms with Crippen molar-refractivity contribution in [3.63, 3.8) is 0 Å². The van der Waals surface area contributed by atoms with Gasteiger partial charge in [-0.15, -0.1) is 0 Å². The maximum Gasteiger partial charge on any atom is 0.270 e. The molecule has 0 saturated carbocycles. The first-order valence-electron chi connectivity index (χ1n) is 11.4. The molecule has 3 heterocycles. The van der Waals surface area contributed by atoms with Crippen LogP contribution >= 0.6 is 0 Å². The molecule has 3 aromatic rings. The second kappa shape index (κ2) is 10.1. The molecule has 2 amide bonds. The van der Waals surface area contributed by atoms with E-state index in [0.717, 1.165) is 28.8 Å². The lowest BCUT2D eigenvalue weighted by Gasteiger charge is -2.25. The highest BCUT2D eigenvalue weighted by atomic mass is 16.5. The Labute approximate surface area is 193 Å². The molecule has 1 unspecified atom stereocenters. The number of hydrogen-bond donors (Lipinski definition) is 1. The van der Waals surface area contributed by atoms with Gasteiger partial charge in [-0.2, -0.15) is 0 Å². The van der Waals surface area contributed by atoms with E-state index in [1.54, 1.807) is 11.0 Å². The molecular formula is C25H30N4O4. The highest BCUT2D eigenvalue weighted by Gasteiger charge is 2.33. The normalized spacial score (nSPS) is 17.0. The van der Waals surface area contributed by atoms with Crippen LogP contribution in [-0.4, -0.2) is 52.1 Å². The number of amides is 2. The fraction of sp³-hybridized carbons (Fsp3) is 0.440. The Bertz CT molecular complexity index is 1130. The van der Waals surface area contributed by atoms with Crippen molar-refractivity contribution in [3.8, 4) is 0 Å². The third-order valence-electron chi connectivity index (χ3n) is 5.74. The maximum atomic E-state index is 13.3. The van der Waals surface area contributed by atoms with Crippen molar-refractivity contribution in [3.05, 3.63) is 59.6 Å². The molecule has 2 aromatic heterocycles. The predicted octanol–water partition coefficient (Wildman–Crippen LogP) is 3.49. The lowest BCUT2D eigenvalue weighted by Crippen LogP contribution is -2.49. The van der Waals surface area contributed by atoms with E-state index < -0.39 is 6.04 Å². The fourth-order valence-electron chi connectivity index (χ4n) is 4.09. The number of nitrogens with one attached hydrogen (secondary N) is 1. The number of aromatic nitrogens is 2. The Morgan fingerprint density at radius 2 is 2.06 bits per heavy atom. The van der Waals surface area contributed by atoms with Crippen LogP contribution in [0.25, 0.3) is 10.9 Å². The Hall–Kier alpha value is -3.26. The highest BCUT2D eigenvalue weighted by molar-refractivity contribution is 5.97. The first-order chi connectivity index (χ1) is 15.9. The van der Waals surface area contributed by atoms with E-state index >= 15 is 0 Å². The number of carbonyl (C=O) groups is 2. The van der Waals surface area contributed by atoms with E-state index in [2.05, 4.69) is 15.5 Å². The van der Waals surface area contributed by atoms with Crippen molar-refractivity contribution in [1.82, 2.24) is 20.4 Å². The van der Waals surface area contributed by atoms with Gasteiger partial charge in [0.2, 0.25) is 5.91 Å². The lowest BCUT2D eigenvalue weighted by atomic mass is 10.0. The molecule has 8 heteroatoms. The number of likely N-dealkylation sites (tertiary alicyclic amines) is 1. The third kappa shape index (κ3) is 5.76. The van der Waals surface area contributed by atoms with E-state index in [1.165, 1.54) is 0 Å². The minimum atomic E-state index is -0.609. The number of hydrogen-bond acceptors (Lipinski definition) is 6. The summed E-state index contributed by atoms with van der Waals surface area (Å²) in [6.07, 6.45) is 1.23. The van der Waals surface area contributed by atoms with Crippen LogP contribution < -0.4 is 5.32 Å². The van der Waals surface area contributed by atoms with Crippen LogP contribution in [0.3, 0.4) is 0 Å². The fourth-order valence-corrected chi connectivity index (χ4v) is 4.09. The van der Waals surface area contributed by atoms with Crippen LogP contribution in [0.1, 0.15) is 48.6 Å². The summed E-state index contributed by atoms with van der Waals surface area (Å²) in [6.45, 7) is 7.36. The van der Waals surface area contributed by atoms with Gasteiger partial charge >= 0.3 is 0 Å². The van der Waals surface area contributed by atoms with Crippen molar-refractivity contribution in [2.75, 3.05) is 13.1 Å². The second-order valence-electron chi connectivity index (χ2n) is 8.98. The number of nitrogens with zero attached hydrogens (tertiary/aromatic N) is 3. The molecule has 0 spiro atoms. The van der Waals surface area contributed by atoms with Crippen LogP contribution in [-0.2, 0) is 16.1 Å². The Balaban J connectivity index is 1.38. The van der Waals surface area contributed by atoms with Gasteiger partial charge in [-0.1, -0.05) is 43.3 Å². The molecule has 2 atom stereocenters. The zero-order valence-corrected chi connectivity index (χ0v) is 19.3. The molecule has 1 aromatic carbocycles. The van der Waals surface area contributed by atoms with Crippen molar-refractivity contribution >= 4 is 22.7 Å². The topological polar surface area (TPSA) is 97.6 Å². The average molecular weight is 451 g/mol. The van der Waals surface area contributed by atoms with Crippen molar-refractivity contribution in [2.45, 2.75) is 52.4 Å². The minimum absolute atomic E-state index is 0.0662. The molecule has 1 N–H and O–H groups in total. The molecule has 4 rings (SSSR count). The van der Waals surface area contributed by atoms with Crippen molar-refractivity contribution in [2.24, 2.45) is 5.92 Å². The molecule has 174 valence electrons. The molecule has 1 aliphatic rings. The minimum Gasteiger partial charge on any atom is -0.370 e. The third-order valence-corrected chi connectivity index (χ3v) is 5.74. The summed E-state index contributed by atoms with van der Waals surface area (Å²) in [7, 11) is 0. The highest BCUT2D eigenvalue weighted by Crippen LogP contribution is 2.19. The number of para-hydroxylation sites is 1. The van der Waals surface area contributed by atoms with Crippen LogP contribution in [0.2, 0.25) is 0 Å². The molecule has 1 aliphatic heterocycles. The van der Waals surface area contributed by atoms with Gasteiger partial charge < -0.3 is 19.5 Å². The van der Waals surface area contributed by atoms with E-state index in [4.69, 9.17) is 9.26 Å². The van der Waals surface area contributed by atoms with Gasteiger partial charge in [-0.25, -0.2) is 4.98 Å². The van der Waals surface area contributed by atoms with Crippen LogP contribution in [0, 0.1) is 12.8 Å². The molecule has 0 aliphatic carbocycles. The molecular weight excluding hydrogens is 420 g/mol. The summed E-state index contributed by atoms with van der Waals surface area (Å²) in [5.74, 6) is 0.563. The van der Waals surface area contributed by atoms with Gasteiger partial charge in [0.25, 0.3) is 5.91 Å². The number of pyridine rings is 1. The molecule has 1 fully saturated rings. The maximum absolute atomic E-state index is 13.3. The summed E-state index contributed by atoms with van der Waals surface area (Å²) >= 11 is 0. The molecule has 1 saturated heterocycles. The molecule has 8 nitrogen and oxygen atoms in total. The van der Waals surface area contributed by atoms with Gasteiger partial charge in [0.1, 0.15) is 23.2 Å². The molecule has 0 radical (unpaired) electrons. The number of fused-ring (bicyclic) bond motifs is 1. The Kier molecular flexibility index (Phi) is 7.03. The van der Waals surface area contributed by atoms with Crippen molar-refractivity contribution < 1.29 is 18.8 Å². The van der Waals surface area contributed by atoms with Gasteiger partial charge in [-0.3, -0.25) is 9.59 Å². The van der Waals surface area contributed by atoms with E-state index in [1.807, 2.05) is 57.2 Å². The second-order valence-corrected chi connectivity index (χ2v) is 8.98. The largest absolute Gasteiger partial charge is 0.370 e. The summed E-state index contributed by atoms with van der Waals surface area (Å²) in [5.41, 5.74) is 1.80. The SMILES string of the molecule is Cc1cc(COC2CCN(C(=O)[C@H](CC(C)C)NC(=O)c3ccc4ccccc4n3)C2)no1. The van der Waals surface area contributed by atoms with Crippen LogP contribution in [0.15, 0.2) is 47.0 Å². The number of benzene rings is 1. The van der Waals surface area contributed by atoms with Crippen LogP contribution in [0.4, 0.5) is 0 Å². The van der Waals surface area contributed by atoms with Crippen LogP contribution in [0.5, 0.6) is 0 Å². The number of ether oxygens (including phenoxy) is 1. The summed E-state index contributed by atoms with van der Waals surface area (Å²) in [4.78, 5) is 32.5. The monoisotopic (exact) mass is 450 g/mol. The first-order valence-corrected chi connectivity index (χ1v) is 11.4. The van der Waals surface area contributed by atoms with E-state index in [0.29, 0.717) is 31.8 Å². The Morgan fingerprint density at radius 3 is 2.82 bits per heavy atom. The molecule has 0 bridgehead atoms. The predicted molar refractivity (Wildman–Crippen MR) is 123 cm³/mol. The van der Waals surface area contributed by atoms with Crippen molar-refractivity contribution in [1.29, 1.82) is 0 Å². The Morgan fingerprint density at radius 1 is 1.24 bits per heavy atom. The average Bonchev–Trinajstić information content (AvgIpc) is 3.45. The zero-order valence-electron chi connectivity index (χ0n) is 19.3. The van der Waals surface area contributed by atoms with Gasteiger partial charge in [0.15, 0.2) is 0 Å².